The van der Waals surface area contributed by atoms with Gasteiger partial charge in [-0.25, -0.2) is 0 Å². The molecule has 0 atom stereocenters. The highest BCUT2D eigenvalue weighted by atomic mass is 16.5. The summed E-state index contributed by atoms with van der Waals surface area (Å²) >= 11 is 0. The Morgan fingerprint density at radius 2 is 2.33 bits per heavy atom. The normalized spacial score (nSPS) is 10.3. The fraction of sp³-hybridized carbons (Fsp3) is 0.273. The van der Waals surface area contributed by atoms with E-state index in [0.717, 1.165) is 5.69 Å². The first-order chi connectivity index (χ1) is 8.66. The second kappa shape index (κ2) is 5.26. The Balaban J connectivity index is 1.91. The van der Waals surface area contributed by atoms with Crippen LogP contribution in [0.15, 0.2) is 23.2 Å². The van der Waals surface area contributed by atoms with Gasteiger partial charge < -0.3 is 15.6 Å². The molecule has 0 fully saturated rings. The Bertz CT molecular complexity index is 538. The summed E-state index contributed by atoms with van der Waals surface area (Å²) in [6, 6.07) is 1.66. The van der Waals surface area contributed by atoms with E-state index in [1.165, 1.54) is 12.6 Å². The lowest BCUT2D eigenvalue weighted by atomic mass is 10.2. The van der Waals surface area contributed by atoms with Crippen LogP contribution < -0.4 is 11.1 Å². The predicted octanol–water partition coefficient (Wildman–Crippen LogP) is 0.328. The SMILES string of the molecule is Cc1cc(N)c(C(=O)NCCc2ncon2)cn1. The van der Waals surface area contributed by atoms with Crippen LogP contribution in [0.5, 0.6) is 0 Å². The first-order valence-electron chi connectivity index (χ1n) is 5.42. The number of nitrogen functional groups attached to an aromatic ring is 1. The number of carbonyl (C=O) groups is 1. The van der Waals surface area contributed by atoms with Crippen molar-refractivity contribution in [2.45, 2.75) is 13.3 Å². The van der Waals surface area contributed by atoms with Crippen LogP contribution in [0.2, 0.25) is 0 Å². The lowest BCUT2D eigenvalue weighted by Gasteiger charge is -2.06. The highest BCUT2D eigenvalue weighted by molar-refractivity contribution is 5.98. The number of anilines is 1. The maximum absolute atomic E-state index is 11.8. The number of hydrogen-bond acceptors (Lipinski definition) is 6. The molecule has 0 radical (unpaired) electrons. The molecule has 2 heterocycles. The molecular formula is C11H13N5O2. The number of nitrogens with zero attached hydrogens (tertiary/aromatic N) is 3. The van der Waals surface area contributed by atoms with Gasteiger partial charge in [0.15, 0.2) is 5.82 Å². The minimum Gasteiger partial charge on any atom is -0.398 e. The maximum atomic E-state index is 11.8. The molecule has 0 spiro atoms. The number of nitrogens with one attached hydrogen (secondary N) is 1. The molecule has 2 aromatic rings. The highest BCUT2D eigenvalue weighted by Gasteiger charge is 2.10. The number of rotatable bonds is 4. The van der Waals surface area contributed by atoms with Crippen molar-refractivity contribution in [2.24, 2.45) is 0 Å². The molecule has 18 heavy (non-hydrogen) atoms. The van der Waals surface area contributed by atoms with Crippen molar-refractivity contribution >= 4 is 11.6 Å². The molecule has 0 bridgehead atoms. The van der Waals surface area contributed by atoms with E-state index in [9.17, 15) is 4.79 Å². The molecule has 0 saturated heterocycles. The lowest BCUT2D eigenvalue weighted by Crippen LogP contribution is -2.27. The van der Waals surface area contributed by atoms with Crippen molar-refractivity contribution < 1.29 is 9.32 Å². The highest BCUT2D eigenvalue weighted by Crippen LogP contribution is 2.10. The Morgan fingerprint density at radius 1 is 1.50 bits per heavy atom. The van der Waals surface area contributed by atoms with Crippen molar-refractivity contribution in [1.29, 1.82) is 0 Å². The third-order valence-corrected chi connectivity index (χ3v) is 2.36. The number of aromatic nitrogens is 3. The van der Waals surface area contributed by atoms with Gasteiger partial charge in [0.2, 0.25) is 6.39 Å². The zero-order valence-electron chi connectivity index (χ0n) is 9.88. The minimum atomic E-state index is -0.261. The molecule has 0 aliphatic heterocycles. The minimum absolute atomic E-state index is 0.261. The predicted molar refractivity (Wildman–Crippen MR) is 63.7 cm³/mol. The molecule has 3 N–H and O–H groups in total. The topological polar surface area (TPSA) is 107 Å². The van der Waals surface area contributed by atoms with E-state index in [2.05, 4.69) is 25.0 Å². The monoisotopic (exact) mass is 247 g/mol. The van der Waals surface area contributed by atoms with E-state index in [1.54, 1.807) is 6.07 Å². The molecule has 7 heteroatoms. The van der Waals surface area contributed by atoms with Crippen molar-refractivity contribution in [2.75, 3.05) is 12.3 Å². The van der Waals surface area contributed by atoms with E-state index in [4.69, 9.17) is 5.73 Å². The van der Waals surface area contributed by atoms with Crippen LogP contribution in [0, 0.1) is 6.92 Å². The summed E-state index contributed by atoms with van der Waals surface area (Å²) in [5.74, 6) is 0.286. The van der Waals surface area contributed by atoms with Gasteiger partial charge in [0, 0.05) is 30.5 Å². The molecule has 2 aromatic heterocycles. The van der Waals surface area contributed by atoms with Crippen molar-refractivity contribution in [3.05, 3.63) is 35.7 Å². The van der Waals surface area contributed by atoms with Crippen LogP contribution in [0.1, 0.15) is 21.9 Å². The van der Waals surface area contributed by atoms with Crippen LogP contribution in [-0.2, 0) is 6.42 Å². The van der Waals surface area contributed by atoms with Crippen molar-refractivity contribution in [1.82, 2.24) is 20.4 Å². The van der Waals surface area contributed by atoms with Crippen molar-refractivity contribution in [3.63, 3.8) is 0 Å². The second-order valence-corrected chi connectivity index (χ2v) is 3.77. The fourth-order valence-electron chi connectivity index (χ4n) is 1.46. The summed E-state index contributed by atoms with van der Waals surface area (Å²) < 4.78 is 4.59. The van der Waals surface area contributed by atoms with Gasteiger partial charge in [-0.15, -0.1) is 0 Å². The summed E-state index contributed by atoms with van der Waals surface area (Å²) in [4.78, 5) is 19.7. The summed E-state index contributed by atoms with van der Waals surface area (Å²) in [6.07, 6.45) is 3.22. The molecule has 7 nitrogen and oxygen atoms in total. The van der Waals surface area contributed by atoms with E-state index in [1.807, 2.05) is 6.92 Å². The number of pyridine rings is 1. The Kier molecular flexibility index (Phi) is 3.52. The third kappa shape index (κ3) is 2.82. The van der Waals surface area contributed by atoms with E-state index >= 15 is 0 Å². The van der Waals surface area contributed by atoms with Gasteiger partial charge >= 0.3 is 0 Å². The Hall–Kier alpha value is -2.44. The van der Waals surface area contributed by atoms with Crippen LogP contribution in [0.3, 0.4) is 0 Å². The number of hydrogen-bond donors (Lipinski definition) is 2. The largest absolute Gasteiger partial charge is 0.398 e. The smallest absolute Gasteiger partial charge is 0.254 e. The van der Waals surface area contributed by atoms with E-state index in [0.29, 0.717) is 30.0 Å². The third-order valence-electron chi connectivity index (χ3n) is 2.36. The zero-order chi connectivity index (χ0) is 13.0. The van der Waals surface area contributed by atoms with Crippen LogP contribution >= 0.6 is 0 Å². The van der Waals surface area contributed by atoms with E-state index < -0.39 is 0 Å². The number of amides is 1. The molecule has 94 valence electrons. The van der Waals surface area contributed by atoms with Gasteiger partial charge in [-0.3, -0.25) is 9.78 Å². The number of carbonyl (C=O) groups excluding carboxylic acids is 1. The van der Waals surface area contributed by atoms with Crippen LogP contribution in [0.4, 0.5) is 5.69 Å². The molecule has 0 aliphatic rings. The first-order valence-corrected chi connectivity index (χ1v) is 5.42. The second-order valence-electron chi connectivity index (χ2n) is 3.77. The Morgan fingerprint density at radius 3 is 3.00 bits per heavy atom. The average Bonchev–Trinajstić information content (AvgIpc) is 2.81. The Labute approximate surface area is 103 Å². The summed E-state index contributed by atoms with van der Waals surface area (Å²) in [5.41, 5.74) is 7.31. The lowest BCUT2D eigenvalue weighted by molar-refractivity contribution is 0.0954. The maximum Gasteiger partial charge on any atom is 0.254 e. The quantitative estimate of drug-likeness (QED) is 0.806. The van der Waals surface area contributed by atoms with E-state index in [-0.39, 0.29) is 5.91 Å². The molecule has 0 aliphatic carbocycles. The van der Waals surface area contributed by atoms with Gasteiger partial charge in [-0.1, -0.05) is 5.16 Å². The fourth-order valence-corrected chi connectivity index (χ4v) is 1.46. The molecular weight excluding hydrogens is 234 g/mol. The average molecular weight is 247 g/mol. The summed E-state index contributed by atoms with van der Waals surface area (Å²) in [5, 5.41) is 6.36. The molecule has 2 rings (SSSR count). The van der Waals surface area contributed by atoms with Gasteiger partial charge in [0.1, 0.15) is 0 Å². The number of aryl methyl sites for hydroxylation is 1. The zero-order valence-corrected chi connectivity index (χ0v) is 9.88. The molecule has 0 saturated carbocycles. The molecule has 1 amide bonds. The van der Waals surface area contributed by atoms with Crippen LogP contribution in [0.25, 0.3) is 0 Å². The van der Waals surface area contributed by atoms with Crippen LogP contribution in [-0.4, -0.2) is 27.6 Å². The first kappa shape index (κ1) is 12.0. The summed E-state index contributed by atoms with van der Waals surface area (Å²) in [7, 11) is 0. The van der Waals surface area contributed by atoms with Gasteiger partial charge in [0.25, 0.3) is 5.91 Å². The number of nitrogens with two attached hydrogens (primary N) is 1. The van der Waals surface area contributed by atoms with Gasteiger partial charge in [-0.2, -0.15) is 4.98 Å². The van der Waals surface area contributed by atoms with Crippen molar-refractivity contribution in [3.8, 4) is 0 Å². The molecule has 0 aromatic carbocycles. The summed E-state index contributed by atoms with van der Waals surface area (Å²) in [6.45, 7) is 2.22. The molecule has 0 unspecified atom stereocenters. The van der Waals surface area contributed by atoms with Gasteiger partial charge in [-0.05, 0) is 13.0 Å². The van der Waals surface area contributed by atoms with Gasteiger partial charge in [0.05, 0.1) is 5.56 Å². The standard InChI is InChI=1S/C11H13N5O2/c1-7-4-9(12)8(5-14-7)11(17)13-3-2-10-15-6-18-16-10/h4-6H,2-3H2,1H3,(H2,12,14)(H,13,17).